The number of nitrogens with one attached hydrogen (secondary N) is 2. The van der Waals surface area contributed by atoms with Gasteiger partial charge in [0.1, 0.15) is 5.82 Å². The molecule has 0 radical (unpaired) electrons. The van der Waals surface area contributed by atoms with Crippen LogP contribution in [0.2, 0.25) is 0 Å². The Balaban J connectivity index is 1.45. The lowest BCUT2D eigenvalue weighted by atomic mass is 10.1. The van der Waals surface area contributed by atoms with Gasteiger partial charge in [-0.1, -0.05) is 66.4 Å². The molecule has 0 bridgehead atoms. The highest BCUT2D eigenvalue weighted by molar-refractivity contribution is 7.99. The number of para-hydroxylation sites is 1. The summed E-state index contributed by atoms with van der Waals surface area (Å²) in [5, 5.41) is 4.44. The first-order valence-corrected chi connectivity index (χ1v) is 10.7. The van der Waals surface area contributed by atoms with E-state index in [4.69, 9.17) is 0 Å². The van der Waals surface area contributed by atoms with E-state index in [1.807, 2.05) is 66.7 Å². The maximum atomic E-state index is 12.5. The number of nitrogens with zero attached hydrogens (tertiary/aromatic N) is 2. The molecule has 2 N–H and O–H groups in total. The van der Waals surface area contributed by atoms with Gasteiger partial charge in [0.25, 0.3) is 5.56 Å². The molecule has 2 aromatic heterocycles. The summed E-state index contributed by atoms with van der Waals surface area (Å²) in [6.45, 7) is 0.328. The number of aromatic amines is 1. The van der Waals surface area contributed by atoms with Crippen molar-refractivity contribution < 1.29 is 4.79 Å². The third kappa shape index (κ3) is 5.29. The van der Waals surface area contributed by atoms with Gasteiger partial charge in [0.05, 0.1) is 16.3 Å². The molecule has 0 saturated heterocycles. The van der Waals surface area contributed by atoms with Crippen molar-refractivity contribution in [2.75, 3.05) is 11.1 Å². The molecule has 0 saturated carbocycles. The quantitative estimate of drug-likeness (QED) is 0.438. The van der Waals surface area contributed by atoms with Crippen LogP contribution >= 0.6 is 11.8 Å². The molecule has 4 rings (SSSR count). The minimum absolute atomic E-state index is 0.102. The van der Waals surface area contributed by atoms with Gasteiger partial charge in [-0.3, -0.25) is 19.1 Å². The molecule has 0 fully saturated rings. The van der Waals surface area contributed by atoms with Gasteiger partial charge >= 0.3 is 5.69 Å². The van der Waals surface area contributed by atoms with E-state index in [1.54, 1.807) is 0 Å². The lowest BCUT2D eigenvalue weighted by Gasteiger charge is -2.13. The van der Waals surface area contributed by atoms with Crippen molar-refractivity contribution in [3.8, 4) is 0 Å². The minimum atomic E-state index is -0.555. The second-order valence-electron chi connectivity index (χ2n) is 6.89. The van der Waals surface area contributed by atoms with Crippen molar-refractivity contribution in [2.45, 2.75) is 18.0 Å². The summed E-state index contributed by atoms with van der Waals surface area (Å²) >= 11 is 1.29. The van der Waals surface area contributed by atoms with Gasteiger partial charge in [-0.25, -0.2) is 9.78 Å². The van der Waals surface area contributed by atoms with Gasteiger partial charge in [-0.2, -0.15) is 0 Å². The predicted octanol–water partition coefficient (Wildman–Crippen LogP) is 3.06. The first kappa shape index (κ1) is 20.6. The topological polar surface area (TPSA) is 96.8 Å². The van der Waals surface area contributed by atoms with E-state index in [0.29, 0.717) is 13.0 Å². The smallest absolute Gasteiger partial charge is 0.311 e. The number of carbonyl (C=O) groups is 1. The summed E-state index contributed by atoms with van der Waals surface area (Å²) in [6.07, 6.45) is 0.589. The highest BCUT2D eigenvalue weighted by Crippen LogP contribution is 2.20. The van der Waals surface area contributed by atoms with E-state index in [0.717, 1.165) is 21.5 Å². The van der Waals surface area contributed by atoms with Crippen molar-refractivity contribution in [3.05, 3.63) is 99.2 Å². The lowest BCUT2D eigenvalue weighted by molar-refractivity contribution is -0.113. The summed E-state index contributed by atoms with van der Waals surface area (Å²) < 4.78 is 1.37. The lowest BCUT2D eigenvalue weighted by Crippen LogP contribution is -2.33. The number of pyridine rings is 1. The fourth-order valence-electron chi connectivity index (χ4n) is 3.18. The molecule has 7 nitrogen and oxygen atoms in total. The molecule has 2 heterocycles. The normalized spacial score (nSPS) is 10.8. The largest absolute Gasteiger partial charge is 0.329 e. The summed E-state index contributed by atoms with van der Waals surface area (Å²) in [7, 11) is 0. The second kappa shape index (κ2) is 9.44. The number of hydrogen-bond acceptors (Lipinski definition) is 5. The zero-order valence-corrected chi connectivity index (χ0v) is 17.4. The highest BCUT2D eigenvalue weighted by atomic mass is 32.2. The standard InChI is InChI=1S/C23H20N4O3S/c28-20-14-19(27(23(30)26-20)13-12-16-6-2-1-3-7-16)25-21(29)15-31-22-11-10-17-8-4-5-9-18(17)24-22/h1-11,14H,12-13,15H2,(H,25,29)(H,26,28,30). The summed E-state index contributed by atoms with van der Waals surface area (Å²) in [6, 6.07) is 22.5. The number of rotatable bonds is 7. The second-order valence-corrected chi connectivity index (χ2v) is 7.89. The van der Waals surface area contributed by atoms with Crippen LogP contribution in [0.15, 0.2) is 87.4 Å². The van der Waals surface area contributed by atoms with E-state index in [-0.39, 0.29) is 17.5 Å². The fraction of sp³-hybridized carbons (Fsp3) is 0.130. The van der Waals surface area contributed by atoms with E-state index < -0.39 is 11.2 Å². The van der Waals surface area contributed by atoms with Crippen LogP contribution in [0.5, 0.6) is 0 Å². The first-order chi connectivity index (χ1) is 15.1. The van der Waals surface area contributed by atoms with Gasteiger partial charge in [0, 0.05) is 18.0 Å². The zero-order chi connectivity index (χ0) is 21.6. The van der Waals surface area contributed by atoms with Crippen LogP contribution in [0.25, 0.3) is 10.9 Å². The van der Waals surface area contributed by atoms with Crippen LogP contribution < -0.4 is 16.6 Å². The molecule has 0 aliphatic heterocycles. The van der Waals surface area contributed by atoms with Crippen molar-refractivity contribution in [1.29, 1.82) is 0 Å². The molecule has 4 aromatic rings. The summed E-state index contributed by atoms with van der Waals surface area (Å²) in [5.41, 5.74) is 0.802. The van der Waals surface area contributed by atoms with E-state index in [9.17, 15) is 14.4 Å². The first-order valence-electron chi connectivity index (χ1n) is 9.75. The molecular formula is C23H20N4O3S. The SMILES string of the molecule is O=C(CSc1ccc2ccccc2n1)Nc1cc(=O)[nH]c(=O)n1CCc1ccccc1. The Kier molecular flexibility index (Phi) is 6.28. The molecule has 31 heavy (non-hydrogen) atoms. The maximum absolute atomic E-state index is 12.5. The Hall–Kier alpha value is -3.65. The molecule has 1 amide bonds. The number of benzene rings is 2. The number of amides is 1. The van der Waals surface area contributed by atoms with Crippen LogP contribution in [0.1, 0.15) is 5.56 Å². The van der Waals surface area contributed by atoms with Crippen LogP contribution in [0.4, 0.5) is 5.82 Å². The monoisotopic (exact) mass is 432 g/mol. The van der Waals surface area contributed by atoms with Crippen molar-refractivity contribution in [3.63, 3.8) is 0 Å². The Morgan fingerprint density at radius 2 is 1.77 bits per heavy atom. The summed E-state index contributed by atoms with van der Waals surface area (Å²) in [4.78, 5) is 43.4. The number of aryl methyl sites for hydroxylation is 1. The maximum Gasteiger partial charge on any atom is 0.329 e. The number of H-pyrrole nitrogens is 1. The van der Waals surface area contributed by atoms with Crippen molar-refractivity contribution in [2.24, 2.45) is 0 Å². The number of thioether (sulfide) groups is 1. The Labute approximate surface area is 182 Å². The minimum Gasteiger partial charge on any atom is -0.311 e. The summed E-state index contributed by atoms with van der Waals surface area (Å²) in [5.74, 6) is -0.0365. The zero-order valence-electron chi connectivity index (χ0n) is 16.6. The number of fused-ring (bicyclic) bond motifs is 1. The van der Waals surface area contributed by atoms with E-state index in [1.165, 1.54) is 22.4 Å². The molecule has 156 valence electrons. The van der Waals surface area contributed by atoms with Gasteiger partial charge in [0.15, 0.2) is 0 Å². The number of anilines is 1. The van der Waals surface area contributed by atoms with Crippen molar-refractivity contribution in [1.82, 2.24) is 14.5 Å². The van der Waals surface area contributed by atoms with E-state index in [2.05, 4.69) is 15.3 Å². The molecule has 0 unspecified atom stereocenters. The Bertz CT molecular complexity index is 1330. The third-order valence-corrected chi connectivity index (χ3v) is 5.62. The molecular weight excluding hydrogens is 412 g/mol. The predicted molar refractivity (Wildman–Crippen MR) is 123 cm³/mol. The number of aromatic nitrogens is 3. The third-order valence-electron chi connectivity index (χ3n) is 4.69. The molecule has 0 aliphatic rings. The number of carbonyl (C=O) groups excluding carboxylic acids is 1. The molecule has 8 heteroatoms. The molecule has 0 aliphatic carbocycles. The Morgan fingerprint density at radius 1 is 1.00 bits per heavy atom. The molecule has 2 aromatic carbocycles. The van der Waals surface area contributed by atoms with E-state index >= 15 is 0 Å². The Morgan fingerprint density at radius 3 is 2.61 bits per heavy atom. The average Bonchev–Trinajstić information content (AvgIpc) is 2.77. The van der Waals surface area contributed by atoms with Crippen LogP contribution in [-0.2, 0) is 17.8 Å². The number of hydrogen-bond donors (Lipinski definition) is 2. The van der Waals surface area contributed by atoms with Gasteiger partial charge in [-0.15, -0.1) is 0 Å². The molecule has 0 atom stereocenters. The fourth-order valence-corrected chi connectivity index (χ4v) is 3.86. The van der Waals surface area contributed by atoms with Crippen LogP contribution in [0.3, 0.4) is 0 Å². The highest BCUT2D eigenvalue weighted by Gasteiger charge is 2.11. The van der Waals surface area contributed by atoms with Gasteiger partial charge < -0.3 is 5.32 Å². The average molecular weight is 433 g/mol. The van der Waals surface area contributed by atoms with Crippen LogP contribution in [-0.4, -0.2) is 26.2 Å². The van der Waals surface area contributed by atoms with Crippen molar-refractivity contribution >= 4 is 34.4 Å². The van der Waals surface area contributed by atoms with Gasteiger partial charge in [-0.05, 0) is 24.1 Å². The van der Waals surface area contributed by atoms with Crippen LogP contribution in [0, 0.1) is 0 Å². The molecule has 0 spiro atoms. The van der Waals surface area contributed by atoms with Gasteiger partial charge in [0.2, 0.25) is 5.91 Å².